The molecule has 3 fully saturated rings. The van der Waals surface area contributed by atoms with E-state index in [0.29, 0.717) is 6.04 Å². The highest BCUT2D eigenvalue weighted by atomic mass is 16.5. The number of hydrogen-bond donors (Lipinski definition) is 1. The molecule has 0 aromatic carbocycles. The Hall–Kier alpha value is -1.57. The fraction of sp³-hybridized carbons (Fsp3) is 0.750. The average Bonchev–Trinajstić information content (AvgIpc) is 3.48. The number of morpholine rings is 1. The zero-order valence-electron chi connectivity index (χ0n) is 16.1. The molecule has 0 spiro atoms. The van der Waals surface area contributed by atoms with Crippen molar-refractivity contribution in [1.29, 1.82) is 0 Å². The summed E-state index contributed by atoms with van der Waals surface area (Å²) in [5.41, 5.74) is 0. The highest BCUT2D eigenvalue weighted by Gasteiger charge is 2.30. The summed E-state index contributed by atoms with van der Waals surface area (Å²) >= 11 is 0. The Morgan fingerprint density at radius 2 is 2.11 bits per heavy atom. The van der Waals surface area contributed by atoms with E-state index in [2.05, 4.69) is 15.1 Å². The molecule has 4 heterocycles. The molecule has 3 saturated heterocycles. The lowest BCUT2D eigenvalue weighted by molar-refractivity contribution is 0.0194. The Morgan fingerprint density at radius 1 is 1.19 bits per heavy atom. The molecule has 4 rings (SSSR count). The third kappa shape index (κ3) is 5.24. The van der Waals surface area contributed by atoms with Crippen molar-refractivity contribution in [3.05, 3.63) is 24.2 Å². The Balaban J connectivity index is 1.33. The molecule has 0 bridgehead atoms. The van der Waals surface area contributed by atoms with E-state index in [9.17, 15) is 0 Å². The number of nitrogens with one attached hydrogen (secondary N) is 1. The molecule has 2 atom stereocenters. The summed E-state index contributed by atoms with van der Waals surface area (Å²) in [7, 11) is 0. The van der Waals surface area contributed by atoms with Gasteiger partial charge in [-0.2, -0.15) is 0 Å². The van der Waals surface area contributed by atoms with Crippen molar-refractivity contribution in [3.63, 3.8) is 0 Å². The fourth-order valence-corrected chi connectivity index (χ4v) is 4.17. The lowest BCUT2D eigenvalue weighted by Crippen LogP contribution is -2.47. The van der Waals surface area contributed by atoms with E-state index in [1.165, 1.54) is 6.42 Å². The van der Waals surface area contributed by atoms with Crippen LogP contribution in [0.1, 0.15) is 25.0 Å². The molecule has 3 aliphatic rings. The Morgan fingerprint density at radius 3 is 2.89 bits per heavy atom. The molecule has 7 heteroatoms. The predicted molar refractivity (Wildman–Crippen MR) is 104 cm³/mol. The van der Waals surface area contributed by atoms with Crippen LogP contribution >= 0.6 is 0 Å². The van der Waals surface area contributed by atoms with Crippen molar-refractivity contribution in [2.75, 3.05) is 59.1 Å². The van der Waals surface area contributed by atoms with Crippen molar-refractivity contribution in [2.45, 2.75) is 37.8 Å². The summed E-state index contributed by atoms with van der Waals surface area (Å²) in [6, 6.07) is 4.57. The minimum absolute atomic E-state index is 0.282. The van der Waals surface area contributed by atoms with E-state index in [-0.39, 0.29) is 6.10 Å². The number of likely N-dealkylation sites (tertiary alicyclic amines) is 1. The van der Waals surface area contributed by atoms with Gasteiger partial charge in [-0.25, -0.2) is 0 Å². The van der Waals surface area contributed by atoms with Crippen LogP contribution in [0.25, 0.3) is 0 Å². The Bertz CT molecular complexity index is 580. The summed E-state index contributed by atoms with van der Waals surface area (Å²) in [5.74, 6) is 2.03. The molecule has 2 unspecified atom stereocenters. The van der Waals surface area contributed by atoms with Crippen LogP contribution in [-0.4, -0.2) is 87.0 Å². The molecule has 0 saturated carbocycles. The van der Waals surface area contributed by atoms with E-state index in [0.717, 1.165) is 90.1 Å². The number of hydrogen-bond acceptors (Lipinski definition) is 5. The number of rotatable bonds is 6. The first-order chi connectivity index (χ1) is 13.4. The van der Waals surface area contributed by atoms with Gasteiger partial charge in [0.05, 0.1) is 32.1 Å². The van der Waals surface area contributed by atoms with Crippen LogP contribution < -0.4 is 5.32 Å². The molecule has 0 radical (unpaired) electrons. The van der Waals surface area contributed by atoms with Crippen molar-refractivity contribution < 1.29 is 13.9 Å². The van der Waals surface area contributed by atoms with E-state index >= 15 is 0 Å². The number of nitrogens with zero attached hydrogens (tertiary/aromatic N) is 3. The second-order valence-electron chi connectivity index (χ2n) is 7.59. The van der Waals surface area contributed by atoms with Crippen LogP contribution in [0, 0.1) is 0 Å². The van der Waals surface area contributed by atoms with Gasteiger partial charge < -0.3 is 24.1 Å². The van der Waals surface area contributed by atoms with Gasteiger partial charge in [0.1, 0.15) is 5.76 Å². The molecule has 0 aliphatic carbocycles. The second-order valence-corrected chi connectivity index (χ2v) is 7.59. The second kappa shape index (κ2) is 9.57. The molecule has 1 aromatic rings. The topological polar surface area (TPSA) is 62.5 Å². The van der Waals surface area contributed by atoms with Gasteiger partial charge in [0.25, 0.3) is 0 Å². The molecule has 3 aliphatic heterocycles. The maximum atomic E-state index is 5.76. The van der Waals surface area contributed by atoms with E-state index in [4.69, 9.17) is 18.9 Å². The van der Waals surface area contributed by atoms with Crippen molar-refractivity contribution in [2.24, 2.45) is 4.99 Å². The number of ether oxygens (including phenoxy) is 2. The summed E-state index contributed by atoms with van der Waals surface area (Å²) in [6.07, 6.45) is 6.36. The summed E-state index contributed by atoms with van der Waals surface area (Å²) in [4.78, 5) is 9.91. The Kier molecular flexibility index (Phi) is 6.66. The minimum Gasteiger partial charge on any atom is -0.469 e. The van der Waals surface area contributed by atoms with Gasteiger partial charge in [0.2, 0.25) is 0 Å². The normalized spacial score (nSPS) is 27.4. The Labute approximate surface area is 161 Å². The van der Waals surface area contributed by atoms with Crippen molar-refractivity contribution >= 4 is 5.96 Å². The maximum absolute atomic E-state index is 5.76. The van der Waals surface area contributed by atoms with Gasteiger partial charge in [-0.15, -0.1) is 0 Å². The molecule has 27 heavy (non-hydrogen) atoms. The fourth-order valence-electron chi connectivity index (χ4n) is 4.17. The third-order valence-corrected chi connectivity index (χ3v) is 5.73. The highest BCUT2D eigenvalue weighted by Crippen LogP contribution is 2.18. The molecule has 1 N–H and O–H groups in total. The van der Waals surface area contributed by atoms with Crippen LogP contribution in [0.15, 0.2) is 27.8 Å². The SMILES string of the molecule is c1coc(CCNC(=NCC2CCCO2)N2CCC(N3CCOCC3)C2)c1. The van der Waals surface area contributed by atoms with Crippen molar-refractivity contribution in [1.82, 2.24) is 15.1 Å². The number of furan rings is 1. The number of guanidine groups is 1. The zero-order valence-corrected chi connectivity index (χ0v) is 16.1. The molecule has 0 amide bonds. The lowest BCUT2D eigenvalue weighted by Gasteiger charge is -2.32. The first kappa shape index (κ1) is 18.8. The van der Waals surface area contributed by atoms with Crippen LogP contribution in [0.4, 0.5) is 0 Å². The first-order valence-corrected chi connectivity index (χ1v) is 10.4. The van der Waals surface area contributed by atoms with Crippen LogP contribution in [0.5, 0.6) is 0 Å². The molecule has 7 nitrogen and oxygen atoms in total. The van der Waals surface area contributed by atoms with Crippen LogP contribution in [0.2, 0.25) is 0 Å². The van der Waals surface area contributed by atoms with Gasteiger partial charge in [0.15, 0.2) is 5.96 Å². The largest absolute Gasteiger partial charge is 0.469 e. The van der Waals surface area contributed by atoms with Gasteiger partial charge >= 0.3 is 0 Å². The zero-order chi connectivity index (χ0) is 18.3. The highest BCUT2D eigenvalue weighted by molar-refractivity contribution is 5.80. The van der Waals surface area contributed by atoms with Gasteiger partial charge in [-0.05, 0) is 31.4 Å². The van der Waals surface area contributed by atoms with Crippen LogP contribution in [0.3, 0.4) is 0 Å². The number of aliphatic imine (C=N–C) groups is 1. The smallest absolute Gasteiger partial charge is 0.194 e. The van der Waals surface area contributed by atoms with E-state index in [1.807, 2.05) is 12.1 Å². The predicted octanol–water partition coefficient (Wildman–Crippen LogP) is 1.35. The third-order valence-electron chi connectivity index (χ3n) is 5.73. The summed E-state index contributed by atoms with van der Waals surface area (Å²) < 4.78 is 16.7. The maximum Gasteiger partial charge on any atom is 0.194 e. The summed E-state index contributed by atoms with van der Waals surface area (Å²) in [6.45, 7) is 8.37. The first-order valence-electron chi connectivity index (χ1n) is 10.4. The van der Waals surface area contributed by atoms with Gasteiger partial charge in [-0.1, -0.05) is 0 Å². The lowest BCUT2D eigenvalue weighted by atomic mass is 10.2. The summed E-state index contributed by atoms with van der Waals surface area (Å²) in [5, 5.41) is 3.56. The molecular formula is C20H32N4O3. The van der Waals surface area contributed by atoms with E-state index < -0.39 is 0 Å². The van der Waals surface area contributed by atoms with E-state index in [1.54, 1.807) is 6.26 Å². The molecule has 150 valence electrons. The minimum atomic E-state index is 0.282. The standard InChI is InChI=1S/C20H32N4O3/c1-3-18(26-11-1)5-7-21-20(22-15-19-4-2-12-27-19)24-8-6-17(16-24)23-9-13-25-14-10-23/h1,3,11,17,19H,2,4-10,12-16H2,(H,21,22). The van der Waals surface area contributed by atoms with Gasteiger partial charge in [0, 0.05) is 51.8 Å². The van der Waals surface area contributed by atoms with Crippen molar-refractivity contribution in [3.8, 4) is 0 Å². The average molecular weight is 377 g/mol. The quantitative estimate of drug-likeness (QED) is 0.597. The molecule has 1 aromatic heterocycles. The van der Waals surface area contributed by atoms with Gasteiger partial charge in [-0.3, -0.25) is 9.89 Å². The monoisotopic (exact) mass is 376 g/mol. The molecular weight excluding hydrogens is 344 g/mol. The van der Waals surface area contributed by atoms with Crippen LogP contribution in [-0.2, 0) is 15.9 Å².